The molecule has 0 spiro atoms. The van der Waals surface area contributed by atoms with Crippen molar-refractivity contribution in [1.82, 2.24) is 0 Å². The van der Waals surface area contributed by atoms with Gasteiger partial charge in [-0.15, -0.1) is 11.8 Å². The summed E-state index contributed by atoms with van der Waals surface area (Å²) in [6.45, 7) is 1.46. The summed E-state index contributed by atoms with van der Waals surface area (Å²) in [5.74, 6) is -0.142. The van der Waals surface area contributed by atoms with E-state index in [0.717, 1.165) is 38.0 Å². The summed E-state index contributed by atoms with van der Waals surface area (Å²) < 4.78 is 19.0. The van der Waals surface area contributed by atoms with Crippen molar-refractivity contribution in [1.29, 1.82) is 0 Å². The summed E-state index contributed by atoms with van der Waals surface area (Å²) in [5.41, 5.74) is 6.85. The number of rotatable bonds is 3. The highest BCUT2D eigenvalue weighted by Crippen LogP contribution is 2.40. The van der Waals surface area contributed by atoms with E-state index in [2.05, 4.69) is 0 Å². The Kier molecular flexibility index (Phi) is 2.89. The first-order valence-corrected chi connectivity index (χ1v) is 6.89. The maximum absolute atomic E-state index is 13.9. The van der Waals surface area contributed by atoms with Gasteiger partial charge in [-0.2, -0.15) is 0 Å². The average Bonchev–Trinajstić information content (AvgIpc) is 2.21. The molecule has 1 saturated carbocycles. The van der Waals surface area contributed by atoms with Crippen molar-refractivity contribution < 1.29 is 9.13 Å². The molecule has 0 radical (unpaired) electrons. The Morgan fingerprint density at radius 1 is 1.35 bits per heavy atom. The van der Waals surface area contributed by atoms with E-state index in [0.29, 0.717) is 10.1 Å². The molecule has 92 valence electrons. The molecular formula is C13H16FNOS. The average molecular weight is 253 g/mol. The molecule has 1 aromatic carbocycles. The third-order valence-electron chi connectivity index (χ3n) is 3.65. The predicted octanol–water partition coefficient (Wildman–Crippen LogP) is 2.65. The van der Waals surface area contributed by atoms with Gasteiger partial charge in [-0.05, 0) is 37.0 Å². The van der Waals surface area contributed by atoms with Gasteiger partial charge >= 0.3 is 0 Å². The first-order valence-electron chi connectivity index (χ1n) is 6.01. The van der Waals surface area contributed by atoms with Crippen LogP contribution in [0.3, 0.4) is 0 Å². The van der Waals surface area contributed by atoms with Crippen LogP contribution in [-0.4, -0.2) is 18.5 Å². The van der Waals surface area contributed by atoms with Crippen LogP contribution < -0.4 is 5.73 Å². The van der Waals surface area contributed by atoms with Crippen molar-refractivity contribution in [2.75, 3.05) is 13.2 Å². The minimum absolute atomic E-state index is 0.142. The second-order valence-corrected chi connectivity index (χ2v) is 6.27. The molecule has 2 aliphatic rings. The van der Waals surface area contributed by atoms with E-state index in [1.807, 2.05) is 12.1 Å². The van der Waals surface area contributed by atoms with Crippen LogP contribution in [0.25, 0.3) is 0 Å². The van der Waals surface area contributed by atoms with Crippen LogP contribution in [0.15, 0.2) is 23.1 Å². The van der Waals surface area contributed by atoms with E-state index >= 15 is 0 Å². The lowest BCUT2D eigenvalue weighted by molar-refractivity contribution is 0.0455. The van der Waals surface area contributed by atoms with Crippen molar-refractivity contribution >= 4 is 11.8 Å². The standard InChI is InChI=1S/C13H16FNOS/c14-11-6-9(13(15)4-1-5-13)2-3-12(11)17-10-7-16-8-10/h2-3,6,10H,1,4-5,7-8,15H2. The monoisotopic (exact) mass is 253 g/mol. The first-order chi connectivity index (χ1) is 8.17. The van der Waals surface area contributed by atoms with Gasteiger partial charge in [-0.3, -0.25) is 0 Å². The Morgan fingerprint density at radius 3 is 2.59 bits per heavy atom. The smallest absolute Gasteiger partial charge is 0.137 e. The van der Waals surface area contributed by atoms with E-state index in [9.17, 15) is 4.39 Å². The second-order valence-electron chi connectivity index (χ2n) is 4.93. The number of thioether (sulfide) groups is 1. The van der Waals surface area contributed by atoms with Crippen LogP contribution >= 0.6 is 11.8 Å². The van der Waals surface area contributed by atoms with E-state index in [1.165, 1.54) is 0 Å². The fraction of sp³-hybridized carbons (Fsp3) is 0.538. The summed E-state index contributed by atoms with van der Waals surface area (Å²) in [7, 11) is 0. The highest BCUT2D eigenvalue weighted by molar-refractivity contribution is 8.00. The third-order valence-corrected chi connectivity index (χ3v) is 4.84. The molecule has 2 nitrogen and oxygen atoms in total. The van der Waals surface area contributed by atoms with Gasteiger partial charge in [0.25, 0.3) is 0 Å². The van der Waals surface area contributed by atoms with Crippen molar-refractivity contribution in [3.8, 4) is 0 Å². The summed E-state index contributed by atoms with van der Waals surface area (Å²) in [6.07, 6.45) is 3.08. The minimum atomic E-state index is -0.274. The van der Waals surface area contributed by atoms with E-state index in [4.69, 9.17) is 10.5 Å². The lowest BCUT2D eigenvalue weighted by Crippen LogP contribution is -2.43. The molecule has 0 aromatic heterocycles. The molecule has 0 unspecified atom stereocenters. The zero-order valence-electron chi connectivity index (χ0n) is 9.62. The first kappa shape index (κ1) is 11.5. The lowest BCUT2D eigenvalue weighted by Gasteiger charge is -2.38. The quantitative estimate of drug-likeness (QED) is 0.899. The van der Waals surface area contributed by atoms with Crippen molar-refractivity contribution in [2.24, 2.45) is 5.73 Å². The summed E-state index contributed by atoms with van der Waals surface area (Å²) in [5, 5.41) is 0.408. The van der Waals surface area contributed by atoms with Crippen LogP contribution in [0.2, 0.25) is 0 Å². The van der Waals surface area contributed by atoms with Gasteiger partial charge in [0.05, 0.1) is 18.5 Å². The number of hydrogen-bond acceptors (Lipinski definition) is 3. The molecule has 17 heavy (non-hydrogen) atoms. The molecule has 1 aromatic rings. The molecule has 0 bridgehead atoms. The van der Waals surface area contributed by atoms with Gasteiger partial charge in [0.15, 0.2) is 0 Å². The van der Waals surface area contributed by atoms with Crippen molar-refractivity contribution in [3.05, 3.63) is 29.6 Å². The molecule has 3 rings (SSSR count). The van der Waals surface area contributed by atoms with Gasteiger partial charge in [0.2, 0.25) is 0 Å². The predicted molar refractivity (Wildman–Crippen MR) is 66.6 cm³/mol. The van der Waals surface area contributed by atoms with Crippen LogP contribution in [0.5, 0.6) is 0 Å². The fourth-order valence-electron chi connectivity index (χ4n) is 2.21. The Balaban J connectivity index is 1.78. The summed E-state index contributed by atoms with van der Waals surface area (Å²) >= 11 is 1.56. The van der Waals surface area contributed by atoms with Gasteiger partial charge in [0, 0.05) is 10.4 Å². The molecule has 0 amide bonds. The Labute approximate surface area is 105 Å². The van der Waals surface area contributed by atoms with Crippen LogP contribution in [0.1, 0.15) is 24.8 Å². The molecule has 4 heteroatoms. The molecular weight excluding hydrogens is 237 g/mol. The largest absolute Gasteiger partial charge is 0.379 e. The summed E-state index contributed by atoms with van der Waals surface area (Å²) in [6, 6.07) is 5.45. The highest BCUT2D eigenvalue weighted by Gasteiger charge is 2.34. The zero-order chi connectivity index (χ0) is 11.9. The maximum atomic E-state index is 13.9. The minimum Gasteiger partial charge on any atom is -0.379 e. The van der Waals surface area contributed by atoms with Gasteiger partial charge in [0.1, 0.15) is 5.82 Å². The molecule has 0 atom stereocenters. The highest BCUT2D eigenvalue weighted by atomic mass is 32.2. The number of ether oxygens (including phenoxy) is 1. The van der Waals surface area contributed by atoms with Gasteiger partial charge in [-0.1, -0.05) is 6.07 Å². The fourth-order valence-corrected chi connectivity index (χ4v) is 3.22. The lowest BCUT2D eigenvalue weighted by atomic mass is 9.73. The number of hydrogen-bond donors (Lipinski definition) is 1. The molecule has 1 aliphatic heterocycles. The molecule has 1 aliphatic carbocycles. The molecule has 2 N–H and O–H groups in total. The Morgan fingerprint density at radius 2 is 2.12 bits per heavy atom. The van der Waals surface area contributed by atoms with Gasteiger partial charge in [-0.25, -0.2) is 4.39 Å². The van der Waals surface area contributed by atoms with Crippen LogP contribution in [0.4, 0.5) is 4.39 Å². The Bertz CT molecular complexity index is 429. The van der Waals surface area contributed by atoms with Crippen LogP contribution in [0, 0.1) is 5.82 Å². The molecule has 1 heterocycles. The Hall–Kier alpha value is -0.580. The number of nitrogens with two attached hydrogens (primary N) is 1. The van der Waals surface area contributed by atoms with Crippen molar-refractivity contribution in [2.45, 2.75) is 34.9 Å². The normalized spacial score (nSPS) is 22.9. The number of benzene rings is 1. The van der Waals surface area contributed by atoms with E-state index < -0.39 is 0 Å². The maximum Gasteiger partial charge on any atom is 0.137 e. The topological polar surface area (TPSA) is 35.2 Å². The zero-order valence-corrected chi connectivity index (χ0v) is 10.4. The number of halogens is 1. The third kappa shape index (κ3) is 2.09. The van der Waals surface area contributed by atoms with Crippen LogP contribution in [-0.2, 0) is 10.3 Å². The van der Waals surface area contributed by atoms with Crippen molar-refractivity contribution in [3.63, 3.8) is 0 Å². The SMILES string of the molecule is NC1(c2ccc(SC3COC3)c(F)c2)CCC1. The van der Waals surface area contributed by atoms with Gasteiger partial charge < -0.3 is 10.5 Å². The second kappa shape index (κ2) is 4.26. The van der Waals surface area contributed by atoms with E-state index in [-0.39, 0.29) is 11.4 Å². The molecule has 1 saturated heterocycles. The summed E-state index contributed by atoms with van der Waals surface area (Å²) in [4.78, 5) is 0.713. The molecule has 2 fully saturated rings. The van der Waals surface area contributed by atoms with E-state index in [1.54, 1.807) is 17.8 Å².